The van der Waals surface area contributed by atoms with Gasteiger partial charge in [0.05, 0.1) is 0 Å². The van der Waals surface area contributed by atoms with Gasteiger partial charge in [0.1, 0.15) is 6.61 Å². The average molecular weight is 262 g/mol. The molecule has 0 amide bonds. The lowest BCUT2D eigenvalue weighted by Crippen LogP contribution is -2.35. The Hall–Kier alpha value is -1.35. The predicted octanol–water partition coefficient (Wildman–Crippen LogP) is 3.54. The Morgan fingerprint density at radius 1 is 1.32 bits per heavy atom. The second kappa shape index (κ2) is 6.71. The van der Waals surface area contributed by atoms with E-state index in [0.717, 1.165) is 23.7 Å². The molecule has 0 atom stereocenters. The molecule has 19 heavy (non-hydrogen) atoms. The Kier molecular flexibility index (Phi) is 5.55. The van der Waals surface area contributed by atoms with E-state index in [1.807, 2.05) is 26.0 Å². The fourth-order valence-electron chi connectivity index (χ4n) is 1.74. The molecular formula is C16H26N2O. The van der Waals surface area contributed by atoms with Crippen LogP contribution >= 0.6 is 0 Å². The number of nitrogens with one attached hydrogen (secondary N) is 1. The van der Waals surface area contributed by atoms with E-state index >= 15 is 0 Å². The van der Waals surface area contributed by atoms with E-state index in [4.69, 9.17) is 4.74 Å². The molecule has 0 fully saturated rings. The normalized spacial score (nSPS) is 12.1. The summed E-state index contributed by atoms with van der Waals surface area (Å²) in [7, 11) is 0. The number of nitrogens with zero attached hydrogens (tertiary/aromatic N) is 1. The Morgan fingerprint density at radius 2 is 2.00 bits per heavy atom. The third-order valence-electron chi connectivity index (χ3n) is 2.78. The molecule has 0 radical (unpaired) electrons. The van der Waals surface area contributed by atoms with Crippen molar-refractivity contribution < 1.29 is 4.74 Å². The van der Waals surface area contributed by atoms with Crippen molar-refractivity contribution in [2.24, 2.45) is 0 Å². The summed E-state index contributed by atoms with van der Waals surface area (Å²) in [6.45, 7) is 13.9. The molecule has 1 aromatic heterocycles. The number of hydrogen-bond acceptors (Lipinski definition) is 3. The standard InChI is InChI=1S/C16H26N2O/c1-7-8-9-19-15-14(11-17-16(4,5)6)12(2)10-13(3)18-15/h7-8,10,17H,9,11H2,1-6H3. The number of aromatic nitrogens is 1. The molecule has 0 aliphatic carbocycles. The molecule has 3 nitrogen and oxygen atoms in total. The van der Waals surface area contributed by atoms with Crippen LogP contribution in [0.5, 0.6) is 5.88 Å². The van der Waals surface area contributed by atoms with Crippen molar-refractivity contribution in [3.05, 3.63) is 35.0 Å². The predicted molar refractivity (Wildman–Crippen MR) is 80.6 cm³/mol. The molecule has 0 spiro atoms. The third kappa shape index (κ3) is 5.43. The highest BCUT2D eigenvalue weighted by molar-refractivity contribution is 5.36. The van der Waals surface area contributed by atoms with Crippen molar-refractivity contribution in [3.63, 3.8) is 0 Å². The highest BCUT2D eigenvalue weighted by Gasteiger charge is 2.14. The van der Waals surface area contributed by atoms with Crippen LogP contribution < -0.4 is 10.1 Å². The molecule has 1 rings (SSSR count). The second-order valence-corrected chi connectivity index (χ2v) is 5.85. The van der Waals surface area contributed by atoms with Crippen molar-refractivity contribution in [1.29, 1.82) is 0 Å². The van der Waals surface area contributed by atoms with Gasteiger partial charge in [-0.15, -0.1) is 0 Å². The number of allylic oxidation sites excluding steroid dienone is 1. The number of aryl methyl sites for hydroxylation is 2. The van der Waals surface area contributed by atoms with Gasteiger partial charge in [-0.05, 0) is 53.2 Å². The van der Waals surface area contributed by atoms with Gasteiger partial charge in [0.15, 0.2) is 0 Å². The van der Waals surface area contributed by atoms with Crippen molar-refractivity contribution in [3.8, 4) is 5.88 Å². The maximum Gasteiger partial charge on any atom is 0.218 e. The monoisotopic (exact) mass is 262 g/mol. The molecule has 0 unspecified atom stereocenters. The fraction of sp³-hybridized carbons (Fsp3) is 0.562. The summed E-state index contributed by atoms with van der Waals surface area (Å²) in [4.78, 5) is 4.51. The van der Waals surface area contributed by atoms with E-state index in [1.54, 1.807) is 0 Å². The topological polar surface area (TPSA) is 34.1 Å². The van der Waals surface area contributed by atoms with Crippen molar-refractivity contribution in [1.82, 2.24) is 10.3 Å². The molecule has 0 saturated carbocycles. The Balaban J connectivity index is 2.92. The van der Waals surface area contributed by atoms with Crippen molar-refractivity contribution >= 4 is 0 Å². The largest absolute Gasteiger partial charge is 0.473 e. The number of ether oxygens (including phenoxy) is 1. The van der Waals surface area contributed by atoms with Crippen LogP contribution in [0.2, 0.25) is 0 Å². The molecule has 0 aliphatic rings. The SMILES string of the molecule is CC=CCOc1nc(C)cc(C)c1CNC(C)(C)C. The van der Waals surface area contributed by atoms with Gasteiger partial charge in [-0.25, -0.2) is 4.98 Å². The maximum absolute atomic E-state index is 5.77. The molecule has 0 aliphatic heterocycles. The van der Waals surface area contributed by atoms with Gasteiger partial charge in [-0.1, -0.05) is 12.2 Å². The average Bonchev–Trinajstić information content (AvgIpc) is 2.26. The van der Waals surface area contributed by atoms with Crippen LogP contribution in [0.4, 0.5) is 0 Å². The number of rotatable bonds is 5. The molecule has 0 saturated heterocycles. The van der Waals surface area contributed by atoms with E-state index in [-0.39, 0.29) is 5.54 Å². The quantitative estimate of drug-likeness (QED) is 0.824. The number of hydrogen-bond donors (Lipinski definition) is 1. The summed E-state index contributed by atoms with van der Waals surface area (Å²) < 4.78 is 5.77. The summed E-state index contributed by atoms with van der Waals surface area (Å²) in [5.74, 6) is 0.743. The van der Waals surface area contributed by atoms with Crippen LogP contribution in [-0.4, -0.2) is 17.1 Å². The van der Waals surface area contributed by atoms with Crippen LogP contribution in [0.1, 0.15) is 44.5 Å². The molecular weight excluding hydrogens is 236 g/mol. The molecule has 0 bridgehead atoms. The maximum atomic E-state index is 5.77. The van der Waals surface area contributed by atoms with E-state index in [2.05, 4.69) is 44.1 Å². The zero-order valence-corrected chi connectivity index (χ0v) is 13.0. The van der Waals surface area contributed by atoms with Gasteiger partial charge in [0, 0.05) is 23.3 Å². The molecule has 1 heterocycles. The van der Waals surface area contributed by atoms with Gasteiger partial charge in [0.2, 0.25) is 5.88 Å². The zero-order valence-electron chi connectivity index (χ0n) is 13.0. The van der Waals surface area contributed by atoms with Crippen LogP contribution in [-0.2, 0) is 6.54 Å². The first-order valence-electron chi connectivity index (χ1n) is 6.79. The van der Waals surface area contributed by atoms with E-state index in [0.29, 0.717) is 6.61 Å². The molecule has 3 heteroatoms. The minimum absolute atomic E-state index is 0.0813. The third-order valence-corrected chi connectivity index (χ3v) is 2.78. The van der Waals surface area contributed by atoms with Crippen molar-refractivity contribution in [2.75, 3.05) is 6.61 Å². The smallest absolute Gasteiger partial charge is 0.218 e. The minimum atomic E-state index is 0.0813. The summed E-state index contributed by atoms with van der Waals surface area (Å²) in [5, 5.41) is 3.49. The van der Waals surface area contributed by atoms with Crippen LogP contribution in [0.3, 0.4) is 0 Å². The first kappa shape index (κ1) is 15.7. The Labute approximate surface area is 117 Å². The molecule has 1 aromatic rings. The zero-order chi connectivity index (χ0) is 14.5. The highest BCUT2D eigenvalue weighted by Crippen LogP contribution is 2.21. The van der Waals surface area contributed by atoms with Gasteiger partial charge in [0.25, 0.3) is 0 Å². The molecule has 106 valence electrons. The first-order chi connectivity index (χ1) is 8.83. The second-order valence-electron chi connectivity index (χ2n) is 5.85. The van der Waals surface area contributed by atoms with Crippen LogP contribution in [0, 0.1) is 13.8 Å². The summed E-state index contributed by atoms with van der Waals surface area (Å²) in [6.07, 6.45) is 3.97. The van der Waals surface area contributed by atoms with Crippen LogP contribution in [0.25, 0.3) is 0 Å². The number of pyridine rings is 1. The van der Waals surface area contributed by atoms with E-state index in [9.17, 15) is 0 Å². The van der Waals surface area contributed by atoms with E-state index in [1.165, 1.54) is 5.56 Å². The lowest BCUT2D eigenvalue weighted by Gasteiger charge is -2.22. The van der Waals surface area contributed by atoms with Gasteiger partial charge >= 0.3 is 0 Å². The summed E-state index contributed by atoms with van der Waals surface area (Å²) in [6, 6.07) is 2.10. The lowest BCUT2D eigenvalue weighted by atomic mass is 10.1. The highest BCUT2D eigenvalue weighted by atomic mass is 16.5. The summed E-state index contributed by atoms with van der Waals surface area (Å²) >= 11 is 0. The van der Waals surface area contributed by atoms with E-state index < -0.39 is 0 Å². The fourth-order valence-corrected chi connectivity index (χ4v) is 1.74. The molecule has 1 N–H and O–H groups in total. The van der Waals surface area contributed by atoms with Gasteiger partial charge in [-0.2, -0.15) is 0 Å². The van der Waals surface area contributed by atoms with Gasteiger partial charge in [-0.3, -0.25) is 0 Å². The first-order valence-corrected chi connectivity index (χ1v) is 6.79. The summed E-state index contributed by atoms with van der Waals surface area (Å²) in [5.41, 5.74) is 3.44. The van der Waals surface area contributed by atoms with Crippen molar-refractivity contribution in [2.45, 2.75) is 53.6 Å². The Morgan fingerprint density at radius 3 is 2.58 bits per heavy atom. The van der Waals surface area contributed by atoms with Gasteiger partial charge < -0.3 is 10.1 Å². The lowest BCUT2D eigenvalue weighted by molar-refractivity contribution is 0.337. The Bertz CT molecular complexity index is 445. The van der Waals surface area contributed by atoms with Crippen LogP contribution in [0.15, 0.2) is 18.2 Å². The molecule has 0 aromatic carbocycles. The minimum Gasteiger partial charge on any atom is -0.473 e.